The predicted octanol–water partition coefficient (Wildman–Crippen LogP) is 4.45. The number of nitrogens with zero attached hydrogens (tertiary/aromatic N) is 1. The van der Waals surface area contributed by atoms with E-state index < -0.39 is 5.82 Å². The third-order valence-electron chi connectivity index (χ3n) is 4.39. The number of methoxy groups -OCH3 is 1. The van der Waals surface area contributed by atoms with Crippen molar-refractivity contribution in [1.29, 1.82) is 0 Å². The van der Waals surface area contributed by atoms with Crippen LogP contribution < -0.4 is 10.3 Å². The molecule has 0 aliphatic heterocycles. The lowest BCUT2D eigenvalue weighted by molar-refractivity contribution is 0.102. The van der Waals surface area contributed by atoms with Gasteiger partial charge >= 0.3 is 0 Å². The fourth-order valence-corrected chi connectivity index (χ4v) is 3.66. The Kier molecular flexibility index (Phi) is 6.71. The number of halogens is 2. The summed E-state index contributed by atoms with van der Waals surface area (Å²) in [6.07, 6.45) is 0.0846. The van der Waals surface area contributed by atoms with E-state index in [0.29, 0.717) is 27.7 Å². The second-order valence-corrected chi connectivity index (χ2v) is 7.63. The van der Waals surface area contributed by atoms with Gasteiger partial charge in [-0.1, -0.05) is 29.4 Å². The highest BCUT2D eigenvalue weighted by atomic mass is 35.5. The summed E-state index contributed by atoms with van der Waals surface area (Å²) in [5.74, 6) is 0.190. The van der Waals surface area contributed by atoms with E-state index in [9.17, 15) is 14.0 Å². The van der Waals surface area contributed by atoms with Gasteiger partial charge in [-0.05, 0) is 43.3 Å². The third kappa shape index (κ3) is 5.05. The minimum atomic E-state index is -0.456. The van der Waals surface area contributed by atoms with Crippen LogP contribution in [0.5, 0.6) is 5.75 Å². The second kappa shape index (κ2) is 9.24. The maximum Gasteiger partial charge on any atom is 0.254 e. The Bertz CT molecular complexity index is 1080. The normalized spacial score (nSPS) is 10.8. The summed E-state index contributed by atoms with van der Waals surface area (Å²) in [6.45, 7) is 1.62. The van der Waals surface area contributed by atoms with E-state index in [0.717, 1.165) is 11.8 Å². The lowest BCUT2D eigenvalue weighted by Gasteiger charge is -2.09. The predicted molar refractivity (Wildman–Crippen MR) is 112 cm³/mol. The van der Waals surface area contributed by atoms with Crippen LogP contribution in [0, 0.1) is 12.7 Å². The molecule has 29 heavy (non-hydrogen) atoms. The summed E-state index contributed by atoms with van der Waals surface area (Å²) in [4.78, 5) is 31.7. The van der Waals surface area contributed by atoms with Crippen molar-refractivity contribution >= 4 is 29.1 Å². The number of rotatable bonds is 7. The molecule has 0 aliphatic rings. The van der Waals surface area contributed by atoms with E-state index in [-0.39, 0.29) is 34.1 Å². The van der Waals surface area contributed by atoms with Crippen LogP contribution in [0.4, 0.5) is 4.39 Å². The number of ketones is 1. The molecular formula is C21H18ClFN2O3S. The number of Topliss-reactive ketones (excluding diaryl/α,β-unsaturated/α-hetero) is 1. The molecule has 8 heteroatoms. The molecule has 0 bridgehead atoms. The van der Waals surface area contributed by atoms with Crippen molar-refractivity contribution in [2.24, 2.45) is 0 Å². The highest BCUT2D eigenvalue weighted by molar-refractivity contribution is 7.99. The quantitative estimate of drug-likeness (QED) is 0.339. The van der Waals surface area contributed by atoms with E-state index in [2.05, 4.69) is 9.97 Å². The van der Waals surface area contributed by atoms with Crippen molar-refractivity contribution in [3.8, 4) is 5.75 Å². The summed E-state index contributed by atoms with van der Waals surface area (Å²) < 4.78 is 19.2. The van der Waals surface area contributed by atoms with Crippen molar-refractivity contribution < 1.29 is 13.9 Å². The van der Waals surface area contributed by atoms with Crippen LogP contribution in [0.3, 0.4) is 0 Å². The first kappa shape index (κ1) is 21.1. The minimum Gasteiger partial charge on any atom is -0.497 e. The van der Waals surface area contributed by atoms with Gasteiger partial charge in [-0.3, -0.25) is 9.59 Å². The molecule has 1 aromatic heterocycles. The zero-order chi connectivity index (χ0) is 21.0. The molecule has 3 aromatic rings. The zero-order valence-corrected chi connectivity index (χ0v) is 17.4. The van der Waals surface area contributed by atoms with Crippen molar-refractivity contribution in [2.45, 2.75) is 18.5 Å². The number of carbonyl (C=O) groups excluding carboxylic acids is 1. The number of hydrogen-bond donors (Lipinski definition) is 1. The maximum atomic E-state index is 14.1. The Balaban J connectivity index is 1.78. The molecule has 0 radical (unpaired) electrons. The summed E-state index contributed by atoms with van der Waals surface area (Å²) in [5.41, 5.74) is 1.28. The minimum absolute atomic E-state index is 0.0846. The van der Waals surface area contributed by atoms with Gasteiger partial charge in [0.25, 0.3) is 5.56 Å². The standard InChI is InChI=1S/C21H18ClFN2O3S/c1-12-18(10-15-16(22)4-3-5-17(15)23)24-21(25-20(12)27)29-11-19(26)13-6-8-14(28-2)9-7-13/h3-9H,10-11H2,1-2H3,(H,24,25,27). The zero-order valence-electron chi connectivity index (χ0n) is 15.8. The fourth-order valence-electron chi connectivity index (χ4n) is 2.66. The van der Waals surface area contributed by atoms with Crippen LogP contribution >= 0.6 is 23.4 Å². The number of H-pyrrole nitrogens is 1. The van der Waals surface area contributed by atoms with E-state index in [4.69, 9.17) is 16.3 Å². The van der Waals surface area contributed by atoms with E-state index >= 15 is 0 Å². The van der Waals surface area contributed by atoms with Crippen molar-refractivity contribution in [2.75, 3.05) is 12.9 Å². The summed E-state index contributed by atoms with van der Waals surface area (Å²) in [5, 5.41) is 0.570. The molecule has 0 spiro atoms. The SMILES string of the molecule is COc1ccc(C(=O)CSc2nc(Cc3c(F)cccc3Cl)c(C)c(=O)[nH]2)cc1. The van der Waals surface area contributed by atoms with Gasteiger partial charge < -0.3 is 9.72 Å². The van der Waals surface area contributed by atoms with Crippen LogP contribution in [-0.2, 0) is 6.42 Å². The number of ether oxygens (including phenoxy) is 1. The highest BCUT2D eigenvalue weighted by Crippen LogP contribution is 2.23. The lowest BCUT2D eigenvalue weighted by Crippen LogP contribution is -2.17. The number of thioether (sulfide) groups is 1. The van der Waals surface area contributed by atoms with E-state index in [1.165, 1.54) is 12.1 Å². The first-order chi connectivity index (χ1) is 13.9. The number of nitrogens with one attached hydrogen (secondary N) is 1. The van der Waals surface area contributed by atoms with Gasteiger partial charge in [0.2, 0.25) is 0 Å². The van der Waals surface area contributed by atoms with Crippen LogP contribution in [-0.4, -0.2) is 28.6 Å². The Morgan fingerprint density at radius 3 is 2.62 bits per heavy atom. The summed E-state index contributed by atoms with van der Waals surface area (Å²) >= 11 is 7.21. The van der Waals surface area contributed by atoms with Gasteiger partial charge in [-0.25, -0.2) is 9.37 Å². The average molecular weight is 433 g/mol. The Morgan fingerprint density at radius 1 is 1.24 bits per heavy atom. The number of aromatic nitrogens is 2. The van der Waals surface area contributed by atoms with Crippen molar-refractivity contribution in [3.05, 3.63) is 86.0 Å². The van der Waals surface area contributed by atoms with Gasteiger partial charge in [0, 0.05) is 28.1 Å². The second-order valence-electron chi connectivity index (χ2n) is 6.26. The van der Waals surface area contributed by atoms with Gasteiger partial charge in [0.15, 0.2) is 10.9 Å². The molecule has 2 aromatic carbocycles. The smallest absolute Gasteiger partial charge is 0.254 e. The van der Waals surface area contributed by atoms with Crippen molar-refractivity contribution in [1.82, 2.24) is 9.97 Å². The average Bonchev–Trinajstić information content (AvgIpc) is 2.72. The lowest BCUT2D eigenvalue weighted by atomic mass is 10.1. The van der Waals surface area contributed by atoms with Crippen LogP contribution in [0.1, 0.15) is 27.2 Å². The molecule has 0 saturated heterocycles. The molecule has 0 unspecified atom stereocenters. The molecular weight excluding hydrogens is 415 g/mol. The van der Waals surface area contributed by atoms with Crippen LogP contribution in [0.2, 0.25) is 5.02 Å². The molecule has 5 nitrogen and oxygen atoms in total. The number of benzene rings is 2. The Morgan fingerprint density at radius 2 is 1.97 bits per heavy atom. The molecule has 3 rings (SSSR count). The molecule has 0 atom stereocenters. The first-order valence-corrected chi connectivity index (χ1v) is 10.1. The van der Waals surface area contributed by atoms with Crippen molar-refractivity contribution in [3.63, 3.8) is 0 Å². The molecule has 0 amide bonds. The topological polar surface area (TPSA) is 72.0 Å². The van der Waals surface area contributed by atoms with Crippen LogP contribution in [0.15, 0.2) is 52.4 Å². The molecule has 1 N–H and O–H groups in total. The third-order valence-corrected chi connectivity index (χ3v) is 5.62. The fraction of sp³-hybridized carbons (Fsp3) is 0.190. The monoisotopic (exact) mass is 432 g/mol. The number of aromatic amines is 1. The van der Waals surface area contributed by atoms with Crippen LogP contribution in [0.25, 0.3) is 0 Å². The van der Waals surface area contributed by atoms with Gasteiger partial charge in [0.1, 0.15) is 11.6 Å². The van der Waals surface area contributed by atoms with Gasteiger partial charge in [0.05, 0.1) is 18.6 Å². The van der Waals surface area contributed by atoms with E-state index in [1.807, 2.05) is 0 Å². The highest BCUT2D eigenvalue weighted by Gasteiger charge is 2.15. The largest absolute Gasteiger partial charge is 0.497 e. The molecule has 0 saturated carbocycles. The summed E-state index contributed by atoms with van der Waals surface area (Å²) in [6, 6.07) is 11.2. The number of carbonyl (C=O) groups is 1. The number of hydrogen-bond acceptors (Lipinski definition) is 5. The Labute approximate surface area is 176 Å². The van der Waals surface area contributed by atoms with Gasteiger partial charge in [-0.2, -0.15) is 0 Å². The molecule has 0 fully saturated rings. The molecule has 1 heterocycles. The molecule has 150 valence electrons. The Hall–Kier alpha value is -2.64. The van der Waals surface area contributed by atoms with Gasteiger partial charge in [-0.15, -0.1) is 0 Å². The summed E-state index contributed by atoms with van der Waals surface area (Å²) in [7, 11) is 1.55. The van der Waals surface area contributed by atoms with E-state index in [1.54, 1.807) is 44.4 Å². The maximum absolute atomic E-state index is 14.1. The first-order valence-electron chi connectivity index (χ1n) is 8.71. The molecule has 0 aliphatic carbocycles.